The summed E-state index contributed by atoms with van der Waals surface area (Å²) in [4.78, 5) is 11.1. The number of halogens is 1. The van der Waals surface area contributed by atoms with E-state index in [4.69, 9.17) is 4.74 Å². The lowest BCUT2D eigenvalue weighted by Gasteiger charge is -2.16. The topological polar surface area (TPSA) is 50.4 Å². The SMILES string of the molecule is COCC(=O)NCCNC1CCCCCC1.Cl. The van der Waals surface area contributed by atoms with Crippen LogP contribution in [0.5, 0.6) is 0 Å². The van der Waals surface area contributed by atoms with E-state index in [0.29, 0.717) is 12.6 Å². The number of hydrogen-bond donors (Lipinski definition) is 2. The van der Waals surface area contributed by atoms with Gasteiger partial charge in [0.1, 0.15) is 6.61 Å². The molecule has 1 fully saturated rings. The molecule has 17 heavy (non-hydrogen) atoms. The number of ether oxygens (including phenoxy) is 1. The van der Waals surface area contributed by atoms with Crippen LogP contribution in [0.3, 0.4) is 0 Å². The van der Waals surface area contributed by atoms with Crippen LogP contribution in [0.15, 0.2) is 0 Å². The molecule has 1 amide bonds. The fourth-order valence-corrected chi connectivity index (χ4v) is 2.14. The Hall–Kier alpha value is -0.320. The van der Waals surface area contributed by atoms with Crippen molar-refractivity contribution in [3.8, 4) is 0 Å². The quantitative estimate of drug-likeness (QED) is 0.564. The Kier molecular flexibility index (Phi) is 10.6. The molecule has 0 aliphatic heterocycles. The van der Waals surface area contributed by atoms with E-state index in [9.17, 15) is 4.79 Å². The van der Waals surface area contributed by atoms with Crippen LogP contribution in [0, 0.1) is 0 Å². The molecule has 1 rings (SSSR count). The number of rotatable bonds is 6. The smallest absolute Gasteiger partial charge is 0.246 e. The first-order chi connectivity index (χ1) is 7.83. The van der Waals surface area contributed by atoms with E-state index in [2.05, 4.69) is 10.6 Å². The van der Waals surface area contributed by atoms with Gasteiger partial charge in [-0.3, -0.25) is 4.79 Å². The first-order valence-electron chi connectivity index (χ1n) is 6.32. The van der Waals surface area contributed by atoms with Crippen molar-refractivity contribution >= 4 is 18.3 Å². The molecule has 5 heteroatoms. The number of amides is 1. The highest BCUT2D eigenvalue weighted by atomic mass is 35.5. The third-order valence-corrected chi connectivity index (χ3v) is 3.01. The first-order valence-corrected chi connectivity index (χ1v) is 6.32. The van der Waals surface area contributed by atoms with Crippen LogP contribution in [0.2, 0.25) is 0 Å². The highest BCUT2D eigenvalue weighted by Gasteiger charge is 2.10. The summed E-state index contributed by atoms with van der Waals surface area (Å²) in [5.41, 5.74) is 0. The van der Waals surface area contributed by atoms with E-state index in [1.54, 1.807) is 0 Å². The second-order valence-electron chi connectivity index (χ2n) is 4.43. The lowest BCUT2D eigenvalue weighted by molar-refractivity contribution is -0.124. The molecule has 2 N–H and O–H groups in total. The van der Waals surface area contributed by atoms with E-state index in [-0.39, 0.29) is 24.9 Å². The maximum Gasteiger partial charge on any atom is 0.246 e. The minimum atomic E-state index is -0.0369. The van der Waals surface area contributed by atoms with Crippen molar-refractivity contribution in [2.75, 3.05) is 26.8 Å². The minimum absolute atomic E-state index is 0. The fraction of sp³-hybridized carbons (Fsp3) is 0.917. The van der Waals surface area contributed by atoms with Crippen LogP contribution in [0.4, 0.5) is 0 Å². The Morgan fingerprint density at radius 2 is 1.82 bits per heavy atom. The van der Waals surface area contributed by atoms with E-state index < -0.39 is 0 Å². The Labute approximate surface area is 110 Å². The lowest BCUT2D eigenvalue weighted by atomic mass is 10.1. The molecule has 0 unspecified atom stereocenters. The number of carbonyl (C=O) groups is 1. The zero-order valence-corrected chi connectivity index (χ0v) is 11.5. The molecular weight excluding hydrogens is 240 g/mol. The average Bonchev–Trinajstić information content (AvgIpc) is 2.53. The van der Waals surface area contributed by atoms with Crippen LogP contribution in [0.25, 0.3) is 0 Å². The Morgan fingerprint density at radius 3 is 2.41 bits per heavy atom. The van der Waals surface area contributed by atoms with Crippen molar-refractivity contribution in [2.45, 2.75) is 44.6 Å². The van der Waals surface area contributed by atoms with Gasteiger partial charge in [-0.1, -0.05) is 25.7 Å². The van der Waals surface area contributed by atoms with Crippen molar-refractivity contribution in [3.05, 3.63) is 0 Å². The molecule has 1 aliphatic carbocycles. The van der Waals surface area contributed by atoms with E-state index in [0.717, 1.165) is 6.54 Å². The zero-order chi connectivity index (χ0) is 11.6. The van der Waals surface area contributed by atoms with Gasteiger partial charge in [0.2, 0.25) is 5.91 Å². The van der Waals surface area contributed by atoms with Gasteiger partial charge in [0.05, 0.1) is 0 Å². The maximum atomic E-state index is 11.1. The normalized spacial score (nSPS) is 17.0. The molecule has 0 aromatic rings. The summed E-state index contributed by atoms with van der Waals surface area (Å²) in [5, 5.41) is 6.32. The van der Waals surface area contributed by atoms with Crippen molar-refractivity contribution in [2.24, 2.45) is 0 Å². The summed E-state index contributed by atoms with van der Waals surface area (Å²) >= 11 is 0. The Balaban J connectivity index is 0.00000256. The van der Waals surface area contributed by atoms with E-state index >= 15 is 0 Å². The third kappa shape index (κ3) is 8.41. The molecule has 4 nitrogen and oxygen atoms in total. The summed E-state index contributed by atoms with van der Waals surface area (Å²) in [5.74, 6) is -0.0369. The second-order valence-corrected chi connectivity index (χ2v) is 4.43. The number of hydrogen-bond acceptors (Lipinski definition) is 3. The third-order valence-electron chi connectivity index (χ3n) is 3.01. The highest BCUT2D eigenvalue weighted by molar-refractivity contribution is 5.85. The average molecular weight is 265 g/mol. The van der Waals surface area contributed by atoms with Gasteiger partial charge < -0.3 is 15.4 Å². The van der Waals surface area contributed by atoms with Gasteiger partial charge in [0, 0.05) is 26.2 Å². The molecule has 0 bridgehead atoms. The first kappa shape index (κ1) is 16.7. The van der Waals surface area contributed by atoms with Gasteiger partial charge in [-0.15, -0.1) is 12.4 Å². The summed E-state index contributed by atoms with van der Waals surface area (Å²) in [6.45, 7) is 1.71. The molecule has 1 aliphatic rings. The van der Waals surface area contributed by atoms with Crippen molar-refractivity contribution in [3.63, 3.8) is 0 Å². The molecule has 0 atom stereocenters. The van der Waals surface area contributed by atoms with Crippen LogP contribution in [-0.4, -0.2) is 38.8 Å². The Morgan fingerprint density at radius 1 is 1.18 bits per heavy atom. The van der Waals surface area contributed by atoms with Crippen molar-refractivity contribution in [1.82, 2.24) is 10.6 Å². The second kappa shape index (κ2) is 10.8. The summed E-state index contributed by atoms with van der Waals surface area (Å²) < 4.78 is 4.73. The molecule has 0 saturated heterocycles. The molecule has 0 aromatic heterocycles. The largest absolute Gasteiger partial charge is 0.375 e. The predicted octanol–water partition coefficient (Wildman–Crippen LogP) is 1.48. The van der Waals surface area contributed by atoms with E-state index in [1.807, 2.05) is 0 Å². The van der Waals surface area contributed by atoms with Gasteiger partial charge in [-0.25, -0.2) is 0 Å². The number of nitrogens with one attached hydrogen (secondary N) is 2. The summed E-state index contributed by atoms with van der Waals surface area (Å²) in [6.07, 6.45) is 8.00. The molecule has 0 radical (unpaired) electrons. The zero-order valence-electron chi connectivity index (χ0n) is 10.7. The molecule has 0 heterocycles. The predicted molar refractivity (Wildman–Crippen MR) is 71.6 cm³/mol. The fourth-order valence-electron chi connectivity index (χ4n) is 2.14. The lowest BCUT2D eigenvalue weighted by Crippen LogP contribution is -2.37. The van der Waals surface area contributed by atoms with Crippen LogP contribution in [0.1, 0.15) is 38.5 Å². The minimum Gasteiger partial charge on any atom is -0.375 e. The van der Waals surface area contributed by atoms with Gasteiger partial charge in [-0.05, 0) is 12.8 Å². The Bertz CT molecular complexity index is 195. The highest BCUT2D eigenvalue weighted by Crippen LogP contribution is 2.16. The maximum absolute atomic E-state index is 11.1. The van der Waals surface area contributed by atoms with E-state index in [1.165, 1.54) is 45.6 Å². The van der Waals surface area contributed by atoms with Crippen LogP contribution < -0.4 is 10.6 Å². The molecule has 0 spiro atoms. The number of methoxy groups -OCH3 is 1. The molecule has 1 saturated carbocycles. The van der Waals surface area contributed by atoms with Gasteiger partial charge in [0.15, 0.2) is 0 Å². The van der Waals surface area contributed by atoms with Crippen molar-refractivity contribution in [1.29, 1.82) is 0 Å². The van der Waals surface area contributed by atoms with Crippen LogP contribution >= 0.6 is 12.4 Å². The van der Waals surface area contributed by atoms with Gasteiger partial charge in [-0.2, -0.15) is 0 Å². The van der Waals surface area contributed by atoms with Crippen LogP contribution in [-0.2, 0) is 9.53 Å². The van der Waals surface area contributed by atoms with Crippen molar-refractivity contribution < 1.29 is 9.53 Å². The van der Waals surface area contributed by atoms with Gasteiger partial charge in [0.25, 0.3) is 0 Å². The standard InChI is InChI=1S/C12H24N2O2.ClH/c1-16-10-12(15)14-9-8-13-11-6-4-2-3-5-7-11;/h11,13H,2-10H2,1H3,(H,14,15);1H. The summed E-state index contributed by atoms with van der Waals surface area (Å²) in [7, 11) is 1.53. The monoisotopic (exact) mass is 264 g/mol. The molecule has 0 aromatic carbocycles. The molecular formula is C12H25ClN2O2. The van der Waals surface area contributed by atoms with Gasteiger partial charge >= 0.3 is 0 Å². The summed E-state index contributed by atoms with van der Waals surface area (Å²) in [6, 6.07) is 0.654. The molecule has 102 valence electrons. The number of carbonyl (C=O) groups excluding carboxylic acids is 1.